The van der Waals surface area contributed by atoms with Gasteiger partial charge in [-0.2, -0.15) is 4.52 Å². The molecule has 6 nitrogen and oxygen atoms in total. The zero-order valence-corrected chi connectivity index (χ0v) is 15.5. The van der Waals surface area contributed by atoms with E-state index < -0.39 is 0 Å². The van der Waals surface area contributed by atoms with Gasteiger partial charge in [0.2, 0.25) is 5.91 Å². The lowest BCUT2D eigenvalue weighted by atomic mass is 9.93. The first-order valence-electron chi connectivity index (χ1n) is 9.58. The van der Waals surface area contributed by atoms with Gasteiger partial charge in [0.25, 0.3) is 0 Å². The minimum atomic E-state index is 0.215. The second kappa shape index (κ2) is 7.02. The van der Waals surface area contributed by atoms with E-state index in [9.17, 15) is 4.79 Å². The molecular formula is C20H25N5O. The highest BCUT2D eigenvalue weighted by Crippen LogP contribution is 2.27. The molecule has 0 atom stereocenters. The highest BCUT2D eigenvalue weighted by Gasteiger charge is 2.26. The molecule has 1 fully saturated rings. The number of tetrazole rings is 1. The molecule has 4 rings (SSSR count). The first-order valence-corrected chi connectivity index (χ1v) is 9.58. The van der Waals surface area contributed by atoms with Crippen LogP contribution in [0.1, 0.15) is 56.6 Å². The van der Waals surface area contributed by atoms with Crippen LogP contribution in [0.3, 0.4) is 0 Å². The zero-order valence-electron chi connectivity index (χ0n) is 15.5. The normalized spacial score (nSPS) is 15.6. The van der Waals surface area contributed by atoms with Crippen molar-refractivity contribution in [3.8, 4) is 0 Å². The first-order chi connectivity index (χ1) is 12.7. The summed E-state index contributed by atoms with van der Waals surface area (Å²) in [7, 11) is 0. The van der Waals surface area contributed by atoms with Crippen molar-refractivity contribution in [1.29, 1.82) is 0 Å². The Kier molecular flexibility index (Phi) is 4.57. The number of aromatic nitrogens is 4. The Morgan fingerprint density at radius 1 is 1.27 bits per heavy atom. The van der Waals surface area contributed by atoms with Crippen molar-refractivity contribution >= 4 is 22.5 Å². The average molecular weight is 351 g/mol. The number of nitrogens with zero attached hydrogens (tertiary/aromatic N) is 5. The quantitative estimate of drug-likeness (QED) is 0.720. The van der Waals surface area contributed by atoms with Gasteiger partial charge in [-0.25, -0.2) is 0 Å². The van der Waals surface area contributed by atoms with Crippen LogP contribution in [0.15, 0.2) is 24.3 Å². The summed E-state index contributed by atoms with van der Waals surface area (Å²) in [5.74, 6) is 0.215. The van der Waals surface area contributed by atoms with Crippen LogP contribution in [-0.2, 0) is 11.3 Å². The number of pyridine rings is 1. The first kappa shape index (κ1) is 16.9. The maximum atomic E-state index is 12.7. The maximum absolute atomic E-state index is 12.7. The average Bonchev–Trinajstić information content (AvgIpc) is 3.16. The van der Waals surface area contributed by atoms with Gasteiger partial charge in [-0.3, -0.25) is 4.79 Å². The Hall–Kier alpha value is -2.50. The number of amides is 1. The van der Waals surface area contributed by atoms with Crippen LogP contribution in [0.4, 0.5) is 0 Å². The third-order valence-electron chi connectivity index (χ3n) is 5.55. The summed E-state index contributed by atoms with van der Waals surface area (Å²) in [6.07, 6.45) is 6.41. The number of rotatable bonds is 4. The second-order valence-electron chi connectivity index (χ2n) is 7.26. The number of fused-ring (bicyclic) bond motifs is 3. The predicted molar refractivity (Wildman–Crippen MR) is 101 cm³/mol. The molecule has 1 aliphatic carbocycles. The molecule has 0 unspecified atom stereocenters. The summed E-state index contributed by atoms with van der Waals surface area (Å²) in [4.78, 5) is 14.7. The molecule has 1 amide bonds. The number of carbonyl (C=O) groups excluding carboxylic acids is 1. The van der Waals surface area contributed by atoms with E-state index in [1.807, 2.05) is 17.5 Å². The van der Waals surface area contributed by atoms with Crippen LogP contribution < -0.4 is 0 Å². The number of hydrogen-bond donors (Lipinski definition) is 0. The summed E-state index contributed by atoms with van der Waals surface area (Å²) < 4.78 is 1.81. The van der Waals surface area contributed by atoms with E-state index >= 15 is 0 Å². The minimum Gasteiger partial charge on any atom is -0.335 e. The number of benzene rings is 1. The van der Waals surface area contributed by atoms with Crippen molar-refractivity contribution in [2.24, 2.45) is 0 Å². The molecule has 6 heteroatoms. The van der Waals surface area contributed by atoms with Gasteiger partial charge < -0.3 is 4.90 Å². The van der Waals surface area contributed by atoms with Crippen molar-refractivity contribution in [1.82, 2.24) is 24.9 Å². The lowest BCUT2D eigenvalue weighted by Crippen LogP contribution is -2.40. The van der Waals surface area contributed by atoms with E-state index in [0.29, 0.717) is 19.0 Å². The number of carbonyl (C=O) groups is 1. The van der Waals surface area contributed by atoms with Crippen molar-refractivity contribution in [2.75, 3.05) is 0 Å². The van der Waals surface area contributed by atoms with E-state index in [1.54, 1.807) is 0 Å². The van der Waals surface area contributed by atoms with Crippen molar-refractivity contribution in [3.05, 3.63) is 35.4 Å². The van der Waals surface area contributed by atoms with Crippen LogP contribution in [0.5, 0.6) is 0 Å². The standard InChI is InChI=1S/C20H25N5O/c1-3-18(26)24(17-10-5-4-6-11-17)13-16-12-15-9-7-8-14(2)19(15)25-20(16)21-22-23-25/h7-9,12,17H,3-6,10-11,13H2,1-2H3. The van der Waals surface area contributed by atoms with E-state index in [-0.39, 0.29) is 5.91 Å². The van der Waals surface area contributed by atoms with Gasteiger partial charge in [0, 0.05) is 30.0 Å². The number of hydrogen-bond acceptors (Lipinski definition) is 4. The molecule has 0 saturated heterocycles. The Labute approximate surface area is 153 Å². The van der Waals surface area contributed by atoms with E-state index in [4.69, 9.17) is 0 Å². The summed E-state index contributed by atoms with van der Waals surface area (Å²) in [6, 6.07) is 8.68. The molecule has 0 spiro atoms. The van der Waals surface area contributed by atoms with Crippen LogP contribution in [0, 0.1) is 6.92 Å². The SMILES string of the molecule is CCC(=O)N(Cc1cc2cccc(C)c2n2nnnc12)C1CCCCC1. The van der Waals surface area contributed by atoms with Gasteiger partial charge in [-0.05, 0) is 41.8 Å². The van der Waals surface area contributed by atoms with Gasteiger partial charge in [-0.15, -0.1) is 5.10 Å². The lowest BCUT2D eigenvalue weighted by molar-refractivity contribution is -0.134. The van der Waals surface area contributed by atoms with Gasteiger partial charge in [0.1, 0.15) is 0 Å². The molecule has 26 heavy (non-hydrogen) atoms. The summed E-state index contributed by atoms with van der Waals surface area (Å²) >= 11 is 0. The Morgan fingerprint density at radius 2 is 2.08 bits per heavy atom. The van der Waals surface area contributed by atoms with Crippen molar-refractivity contribution < 1.29 is 4.79 Å². The third kappa shape index (κ3) is 2.93. The van der Waals surface area contributed by atoms with Gasteiger partial charge in [-0.1, -0.05) is 44.4 Å². The molecular weight excluding hydrogens is 326 g/mol. The van der Waals surface area contributed by atoms with Crippen LogP contribution >= 0.6 is 0 Å². The molecule has 2 aromatic heterocycles. The molecule has 0 N–H and O–H groups in total. The van der Waals surface area contributed by atoms with Gasteiger partial charge in [0.05, 0.1) is 5.52 Å². The molecule has 0 aliphatic heterocycles. The van der Waals surface area contributed by atoms with E-state index in [2.05, 4.69) is 45.5 Å². The number of aryl methyl sites for hydroxylation is 1. The topological polar surface area (TPSA) is 63.4 Å². The van der Waals surface area contributed by atoms with Crippen molar-refractivity contribution in [2.45, 2.75) is 65.0 Å². The monoisotopic (exact) mass is 351 g/mol. The Morgan fingerprint density at radius 3 is 2.85 bits per heavy atom. The highest BCUT2D eigenvalue weighted by atomic mass is 16.2. The van der Waals surface area contributed by atoms with Crippen LogP contribution in [0.25, 0.3) is 16.6 Å². The van der Waals surface area contributed by atoms with Gasteiger partial charge in [0.15, 0.2) is 5.65 Å². The highest BCUT2D eigenvalue weighted by molar-refractivity contribution is 5.86. The third-order valence-corrected chi connectivity index (χ3v) is 5.55. The molecule has 1 aliphatic rings. The van der Waals surface area contributed by atoms with Crippen LogP contribution in [-0.4, -0.2) is 36.9 Å². The molecule has 3 aromatic rings. The summed E-state index contributed by atoms with van der Waals surface area (Å²) in [6.45, 7) is 4.58. The summed E-state index contributed by atoms with van der Waals surface area (Å²) in [5.41, 5.74) is 3.93. The van der Waals surface area contributed by atoms with E-state index in [1.165, 1.54) is 19.3 Å². The molecule has 1 aromatic carbocycles. The fraction of sp³-hybridized carbons (Fsp3) is 0.500. The molecule has 136 valence electrons. The second-order valence-corrected chi connectivity index (χ2v) is 7.26. The molecule has 0 radical (unpaired) electrons. The largest absolute Gasteiger partial charge is 0.335 e. The van der Waals surface area contributed by atoms with Crippen LogP contribution in [0.2, 0.25) is 0 Å². The van der Waals surface area contributed by atoms with Gasteiger partial charge >= 0.3 is 0 Å². The molecule has 0 bridgehead atoms. The lowest BCUT2D eigenvalue weighted by Gasteiger charge is -2.34. The zero-order chi connectivity index (χ0) is 18.1. The Bertz CT molecular complexity index is 942. The maximum Gasteiger partial charge on any atom is 0.222 e. The van der Waals surface area contributed by atoms with Crippen molar-refractivity contribution in [3.63, 3.8) is 0 Å². The predicted octanol–water partition coefficient (Wildman–Crippen LogP) is 3.66. The molecule has 1 saturated carbocycles. The fourth-order valence-electron chi connectivity index (χ4n) is 4.19. The smallest absolute Gasteiger partial charge is 0.222 e. The Balaban J connectivity index is 1.78. The fourth-order valence-corrected chi connectivity index (χ4v) is 4.19. The molecule has 2 heterocycles. The van der Waals surface area contributed by atoms with E-state index in [0.717, 1.165) is 40.5 Å². The number of para-hydroxylation sites is 1. The minimum absolute atomic E-state index is 0.215. The summed E-state index contributed by atoms with van der Waals surface area (Å²) in [5, 5.41) is 13.5.